The lowest BCUT2D eigenvalue weighted by molar-refractivity contribution is -0.488. The normalized spacial score (nSPS) is 19.2. The lowest BCUT2D eigenvalue weighted by Crippen LogP contribution is -2.79. The summed E-state index contributed by atoms with van der Waals surface area (Å²) in [5.41, 5.74) is -1.45. The Balaban J connectivity index is 4.56. The van der Waals surface area contributed by atoms with E-state index in [1.807, 2.05) is 13.8 Å². The van der Waals surface area contributed by atoms with E-state index in [9.17, 15) is 10.2 Å². The molecule has 0 spiro atoms. The summed E-state index contributed by atoms with van der Waals surface area (Å²) in [6.45, 7) is 8.70. The molecule has 1 unspecified atom stereocenters. The van der Waals surface area contributed by atoms with Gasteiger partial charge in [0.05, 0.1) is 20.1 Å². The number of hydrogen-bond acceptors (Lipinski definition) is 3. The third-order valence-electron chi connectivity index (χ3n) is 2.46. The van der Waals surface area contributed by atoms with Gasteiger partial charge >= 0.3 is 5.90 Å². The Morgan fingerprint density at radius 2 is 1.75 bits per heavy atom. The van der Waals surface area contributed by atoms with Crippen LogP contribution in [0.4, 0.5) is 0 Å². The maximum absolute atomic E-state index is 9.68. The van der Waals surface area contributed by atoms with E-state index in [-0.39, 0.29) is 19.1 Å². The van der Waals surface area contributed by atoms with Crippen LogP contribution in [0.2, 0.25) is 0 Å². The van der Waals surface area contributed by atoms with E-state index in [0.29, 0.717) is 6.54 Å². The van der Waals surface area contributed by atoms with Crippen molar-refractivity contribution in [3.8, 4) is 0 Å². The molecule has 0 aromatic carbocycles. The Bertz CT molecular complexity index is 248. The van der Waals surface area contributed by atoms with Crippen molar-refractivity contribution in [2.75, 3.05) is 19.8 Å². The zero-order valence-electron chi connectivity index (χ0n) is 10.2. The first kappa shape index (κ1) is 15.2. The predicted octanol–water partition coefficient (Wildman–Crippen LogP) is -1.76. The molecule has 5 N–H and O–H groups in total. The summed E-state index contributed by atoms with van der Waals surface area (Å²) in [6.07, 6.45) is -1.26. The maximum atomic E-state index is 9.68. The largest absolute Gasteiger partial charge is 0.461 e. The van der Waals surface area contributed by atoms with Crippen LogP contribution in [0.5, 0.6) is 0 Å². The summed E-state index contributed by atoms with van der Waals surface area (Å²) in [4.78, 5) is 2.63. The lowest BCUT2D eigenvalue weighted by Gasteiger charge is -2.19. The van der Waals surface area contributed by atoms with E-state index >= 15 is 0 Å². The van der Waals surface area contributed by atoms with Gasteiger partial charge in [-0.2, -0.15) is 0 Å². The Morgan fingerprint density at radius 3 is 2.12 bits per heavy atom. The van der Waals surface area contributed by atoms with Crippen molar-refractivity contribution < 1.29 is 25.4 Å². The second-order valence-corrected chi connectivity index (χ2v) is 5.28. The molecular formula is C11H23NO4+2. The van der Waals surface area contributed by atoms with Gasteiger partial charge in [0.2, 0.25) is 6.10 Å². The van der Waals surface area contributed by atoms with Crippen molar-refractivity contribution in [2.24, 2.45) is 10.8 Å². The van der Waals surface area contributed by atoms with Crippen LogP contribution in [0, 0.1) is 17.8 Å². The van der Waals surface area contributed by atoms with Crippen LogP contribution in [-0.4, -0.2) is 52.2 Å². The molecule has 94 valence electrons. The highest BCUT2D eigenvalue weighted by Crippen LogP contribution is 2.18. The maximum Gasteiger partial charge on any atom is 0.367 e. The highest BCUT2D eigenvalue weighted by atomic mass is 16.3. The molecule has 0 saturated carbocycles. The fourth-order valence-electron chi connectivity index (χ4n) is 0.899. The number of aliphatic hydroxyl groups excluding tert-OH is 4. The summed E-state index contributed by atoms with van der Waals surface area (Å²) in [5, 5.41) is 37.2. The average Bonchev–Trinajstić information content (AvgIpc) is 2.24. The molecule has 0 amide bonds. The molecule has 0 rings (SSSR count). The van der Waals surface area contributed by atoms with Gasteiger partial charge < -0.3 is 20.4 Å². The van der Waals surface area contributed by atoms with Crippen LogP contribution in [0.3, 0.4) is 0 Å². The van der Waals surface area contributed by atoms with Crippen LogP contribution >= 0.6 is 0 Å². The summed E-state index contributed by atoms with van der Waals surface area (Å²) in [5.74, 6) is -0.340. The summed E-state index contributed by atoms with van der Waals surface area (Å²) < 4.78 is 0. The average molecular weight is 233 g/mol. The number of aliphatic hydroxyl groups is 4. The smallest absolute Gasteiger partial charge is 0.367 e. The van der Waals surface area contributed by atoms with Crippen LogP contribution in [0.15, 0.2) is 0 Å². The molecule has 5 heteroatoms. The van der Waals surface area contributed by atoms with E-state index in [2.05, 4.69) is 11.9 Å². The molecule has 16 heavy (non-hydrogen) atoms. The topological polar surface area (TPSA) is 94.9 Å². The van der Waals surface area contributed by atoms with E-state index in [0.717, 1.165) is 0 Å². The molecule has 0 fully saturated rings. The minimum absolute atomic E-state index is 0.0367. The second kappa shape index (κ2) is 5.52. The Hall–Kier alpha value is -0.780. The minimum Gasteiger partial charge on any atom is -0.461 e. The first-order chi connectivity index (χ1) is 7.16. The van der Waals surface area contributed by atoms with Gasteiger partial charge in [0.1, 0.15) is 0 Å². The van der Waals surface area contributed by atoms with E-state index in [1.165, 1.54) is 6.92 Å². The van der Waals surface area contributed by atoms with Crippen LogP contribution in [0.1, 0.15) is 20.8 Å². The van der Waals surface area contributed by atoms with Crippen LogP contribution < -0.4 is 4.99 Å². The Labute approximate surface area is 96.5 Å². The second-order valence-electron chi connectivity index (χ2n) is 5.28. The van der Waals surface area contributed by atoms with Gasteiger partial charge in [-0.25, -0.2) is 4.99 Å². The molecule has 0 saturated heterocycles. The Morgan fingerprint density at radius 1 is 1.25 bits per heavy atom. The van der Waals surface area contributed by atoms with Gasteiger partial charge in [-0.3, -0.25) is 0 Å². The van der Waals surface area contributed by atoms with Crippen LogP contribution in [0.25, 0.3) is 0 Å². The summed E-state index contributed by atoms with van der Waals surface area (Å²) in [7, 11) is 0. The van der Waals surface area contributed by atoms with E-state index in [1.54, 1.807) is 0 Å². The van der Waals surface area contributed by atoms with Gasteiger partial charge in [-0.05, 0) is 6.92 Å². The van der Waals surface area contributed by atoms with Crippen molar-refractivity contribution >= 4 is 5.90 Å². The molecule has 0 aromatic rings. The zero-order valence-corrected chi connectivity index (χ0v) is 10.2. The lowest BCUT2D eigenvalue weighted by atomic mass is 9.87. The molecule has 0 bridgehead atoms. The van der Waals surface area contributed by atoms with Crippen LogP contribution in [-0.2, 0) is 0 Å². The minimum atomic E-state index is -1.26. The van der Waals surface area contributed by atoms with Gasteiger partial charge in [-0.1, -0.05) is 13.8 Å². The summed E-state index contributed by atoms with van der Waals surface area (Å²) in [6, 6.07) is 0. The van der Waals surface area contributed by atoms with Gasteiger partial charge in [0, 0.05) is 5.41 Å². The molecule has 0 heterocycles. The van der Waals surface area contributed by atoms with Gasteiger partial charge in [0.25, 0.3) is 0 Å². The number of nitrogens with one attached hydrogen (secondary N) is 1. The van der Waals surface area contributed by atoms with Crippen molar-refractivity contribution in [1.82, 2.24) is 0 Å². The monoisotopic (exact) mass is 233 g/mol. The number of hydrogen-bond donors (Lipinski definition) is 5. The highest BCUT2D eigenvalue weighted by molar-refractivity contribution is 5.73. The molecule has 0 radical (unpaired) electrons. The van der Waals surface area contributed by atoms with Gasteiger partial charge in [-0.15, -0.1) is 0 Å². The Kier molecular flexibility index (Phi) is 5.25. The standard InChI is InChI=1S/C11H21NO4/c1-10(2,6-13)5-12-9(16)8(15)11(3,4)7-14/h8,13-15H,3,5-7H2,1-2,4H3/p+2/t8-,11?/m0/s1. The molecule has 0 aliphatic rings. The molecular weight excluding hydrogens is 210 g/mol. The molecule has 2 atom stereocenters. The van der Waals surface area contributed by atoms with Gasteiger partial charge in [0.15, 0.2) is 12.0 Å². The number of rotatable bonds is 6. The quantitative estimate of drug-likeness (QED) is 0.213. The predicted molar refractivity (Wildman–Crippen MR) is 60.9 cm³/mol. The van der Waals surface area contributed by atoms with E-state index in [4.69, 9.17) is 10.2 Å². The fourth-order valence-corrected chi connectivity index (χ4v) is 0.899. The highest BCUT2D eigenvalue weighted by Gasteiger charge is 2.41. The molecule has 0 aliphatic heterocycles. The zero-order chi connectivity index (χ0) is 13.0. The SMILES string of the molecule is [CH2+]C(C)(CO)[C@@H](O)C(O)=[NH+]CC(C)(C)CO. The van der Waals surface area contributed by atoms with Crippen molar-refractivity contribution in [3.05, 3.63) is 6.92 Å². The van der Waals surface area contributed by atoms with Crippen molar-refractivity contribution in [1.29, 1.82) is 0 Å². The third kappa shape index (κ3) is 4.38. The molecule has 0 aliphatic carbocycles. The third-order valence-corrected chi connectivity index (χ3v) is 2.46. The van der Waals surface area contributed by atoms with Crippen molar-refractivity contribution in [3.63, 3.8) is 0 Å². The summed E-state index contributed by atoms with van der Waals surface area (Å²) >= 11 is 0. The fraction of sp³-hybridized carbons (Fsp3) is 0.818. The molecule has 0 aromatic heterocycles. The molecule has 5 nitrogen and oxygen atoms in total. The van der Waals surface area contributed by atoms with E-state index < -0.39 is 16.9 Å². The first-order valence-corrected chi connectivity index (χ1v) is 5.21. The first-order valence-electron chi connectivity index (χ1n) is 5.21. The van der Waals surface area contributed by atoms with Crippen molar-refractivity contribution in [2.45, 2.75) is 26.9 Å².